The largest absolute Gasteiger partial charge is 1.00 e. The average molecular weight is 415 g/mol. The summed E-state index contributed by atoms with van der Waals surface area (Å²) in [4.78, 5) is 8.55. The molecule has 21 heavy (non-hydrogen) atoms. The maximum atomic E-state index is 11.6. The molecule has 4 N–H and O–H groups in total. The zero-order valence-corrected chi connectivity index (χ0v) is 13.8. The van der Waals surface area contributed by atoms with E-state index in [1.165, 1.54) is 0 Å². The molecule has 1 aliphatic rings. The van der Waals surface area contributed by atoms with Gasteiger partial charge in [0.1, 0.15) is 10.7 Å². The molecular formula is C12H10IN5O2S. The van der Waals surface area contributed by atoms with Crippen LogP contribution in [0, 0.1) is 0 Å². The van der Waals surface area contributed by atoms with Gasteiger partial charge in [0.15, 0.2) is 0 Å². The van der Waals surface area contributed by atoms with Gasteiger partial charge in [-0.1, -0.05) is 0 Å². The molecular weight excluding hydrogens is 405 g/mol. The molecule has 9 heteroatoms. The van der Waals surface area contributed by atoms with Crippen LogP contribution in [-0.2, 0) is 10.2 Å². The number of pyridine rings is 2. The number of fused-ring (bicyclic) bond motifs is 6. The van der Waals surface area contributed by atoms with Crippen molar-refractivity contribution in [1.29, 1.82) is 0 Å². The minimum absolute atomic E-state index is 0. The van der Waals surface area contributed by atoms with Gasteiger partial charge in [-0.2, -0.15) is 8.42 Å². The lowest BCUT2D eigenvalue weighted by molar-refractivity contribution is -0.00000689. The van der Waals surface area contributed by atoms with Gasteiger partial charge in [0.05, 0.1) is 11.0 Å². The second kappa shape index (κ2) is 5.24. The minimum Gasteiger partial charge on any atom is -1.00 e. The quantitative estimate of drug-likeness (QED) is 0.327. The summed E-state index contributed by atoms with van der Waals surface area (Å²) in [5.41, 5.74) is 1.26. The molecule has 3 heterocycles. The summed E-state index contributed by atoms with van der Waals surface area (Å²) in [5.74, 6) is 0. The van der Waals surface area contributed by atoms with Gasteiger partial charge in [0.25, 0.3) is 0 Å². The molecule has 0 aliphatic carbocycles. The third-order valence-corrected chi connectivity index (χ3v) is 3.81. The van der Waals surface area contributed by atoms with E-state index in [1.807, 2.05) is 0 Å². The number of halogens is 1. The minimum atomic E-state index is -3.79. The Hall–Kier alpha value is -1.72. The van der Waals surface area contributed by atoms with Gasteiger partial charge in [0.2, 0.25) is 0 Å². The second-order valence-corrected chi connectivity index (χ2v) is 5.39. The highest BCUT2D eigenvalue weighted by molar-refractivity contribution is 7.88. The monoisotopic (exact) mass is 415 g/mol. The summed E-state index contributed by atoms with van der Waals surface area (Å²) in [6.07, 6.45) is 3.28. The fourth-order valence-corrected chi connectivity index (χ4v) is 3.13. The molecule has 108 valence electrons. The summed E-state index contributed by atoms with van der Waals surface area (Å²) in [6, 6.07) is 7.01. The average Bonchev–Trinajstić information content (AvgIpc) is 2.75. The zero-order valence-electron chi connectivity index (χ0n) is 10.9. The molecule has 0 bridgehead atoms. The van der Waals surface area contributed by atoms with Gasteiger partial charge in [0, 0.05) is 23.2 Å². The molecule has 2 aromatic heterocycles. The Bertz CT molecular complexity index is 1000. The van der Waals surface area contributed by atoms with E-state index in [0.29, 0.717) is 32.5 Å². The normalized spacial score (nSPS) is 14.5. The van der Waals surface area contributed by atoms with E-state index >= 15 is 0 Å². The van der Waals surface area contributed by atoms with Crippen molar-refractivity contribution in [3.05, 3.63) is 47.4 Å². The van der Waals surface area contributed by atoms with E-state index in [9.17, 15) is 8.42 Å². The highest BCUT2D eigenvalue weighted by Crippen LogP contribution is 2.16. The summed E-state index contributed by atoms with van der Waals surface area (Å²) in [7, 11) is -3.79. The second-order valence-electron chi connectivity index (χ2n) is 4.13. The fourth-order valence-electron chi connectivity index (χ4n) is 2.26. The van der Waals surface area contributed by atoms with Crippen molar-refractivity contribution in [2.45, 2.75) is 0 Å². The van der Waals surface area contributed by atoms with Gasteiger partial charge in [-0.25, -0.2) is 0 Å². The molecule has 4 rings (SSSR count). The first-order chi connectivity index (χ1) is 9.16. The lowest BCUT2D eigenvalue weighted by atomic mass is 10.1. The molecule has 0 saturated carbocycles. The van der Waals surface area contributed by atoms with E-state index < -0.39 is 10.2 Å². The molecule has 0 amide bonds. The molecule has 0 saturated heterocycles. The maximum absolute atomic E-state index is 11.6. The Labute approximate surface area is 136 Å². The first-order valence-corrected chi connectivity index (χ1v) is 6.92. The molecule has 0 fully saturated rings. The molecule has 0 spiro atoms. The highest BCUT2D eigenvalue weighted by atomic mass is 127. The van der Waals surface area contributed by atoms with Crippen molar-refractivity contribution in [2.24, 2.45) is 8.80 Å². The van der Waals surface area contributed by atoms with Gasteiger partial charge < -0.3 is 30.1 Å². The third-order valence-electron chi connectivity index (χ3n) is 2.99. The lowest BCUT2D eigenvalue weighted by Crippen LogP contribution is -3.00. The van der Waals surface area contributed by atoms with Crippen LogP contribution in [0.1, 0.15) is 0 Å². The SMILES string of the molecule is O=S1(=O)N=c2c(c3cccnc3c3ncccc23)=N1.[I-].[NH4+]. The molecule has 0 radical (unpaired) electrons. The molecule has 0 unspecified atom stereocenters. The molecule has 0 atom stereocenters. The molecule has 1 aromatic carbocycles. The van der Waals surface area contributed by atoms with E-state index in [1.54, 1.807) is 36.7 Å². The van der Waals surface area contributed by atoms with E-state index in [-0.39, 0.29) is 30.1 Å². The summed E-state index contributed by atoms with van der Waals surface area (Å²) >= 11 is 0. The molecule has 3 aromatic rings. The number of quaternary nitrogens is 1. The van der Waals surface area contributed by atoms with Crippen molar-refractivity contribution in [2.75, 3.05) is 0 Å². The number of nitrogens with zero attached hydrogens (tertiary/aromatic N) is 4. The van der Waals surface area contributed by atoms with Crippen LogP contribution in [0.15, 0.2) is 45.5 Å². The Morgan fingerprint density at radius 2 is 1.24 bits per heavy atom. The van der Waals surface area contributed by atoms with Crippen molar-refractivity contribution in [1.82, 2.24) is 16.1 Å². The van der Waals surface area contributed by atoms with Gasteiger partial charge >= 0.3 is 10.2 Å². The maximum Gasteiger partial charge on any atom is 0.364 e. The Kier molecular flexibility index (Phi) is 3.91. The fraction of sp³-hybridized carbons (Fsp3) is 0. The van der Waals surface area contributed by atoms with Crippen LogP contribution in [0.2, 0.25) is 0 Å². The standard InChI is InChI=1S/C12H6N4O2S.HI.H3N/c17-19(18)15-11-7-3-1-5-13-9(7)10-8(12(11)16-19)4-2-6-14-10;;/h1-6H;1H;1H3. The summed E-state index contributed by atoms with van der Waals surface area (Å²) in [6.45, 7) is 0. The van der Waals surface area contributed by atoms with Crippen LogP contribution < -0.4 is 40.8 Å². The van der Waals surface area contributed by atoms with Crippen LogP contribution in [0.25, 0.3) is 21.8 Å². The zero-order chi connectivity index (χ0) is 13.0. The van der Waals surface area contributed by atoms with Crippen LogP contribution in [0.4, 0.5) is 0 Å². The number of rotatable bonds is 0. The highest BCUT2D eigenvalue weighted by Gasteiger charge is 2.18. The smallest absolute Gasteiger partial charge is 0.364 e. The van der Waals surface area contributed by atoms with Crippen LogP contribution in [-0.4, -0.2) is 18.4 Å². The van der Waals surface area contributed by atoms with Crippen molar-refractivity contribution >= 4 is 32.0 Å². The predicted molar refractivity (Wildman–Crippen MR) is 74.3 cm³/mol. The molecule has 7 nitrogen and oxygen atoms in total. The number of benzene rings is 1. The third kappa shape index (κ3) is 2.26. The van der Waals surface area contributed by atoms with Crippen molar-refractivity contribution in [3.8, 4) is 0 Å². The topological polar surface area (TPSA) is 121 Å². The Balaban J connectivity index is 0.000000807. The number of aromatic nitrogens is 2. The first kappa shape index (κ1) is 15.7. The lowest BCUT2D eigenvalue weighted by Gasteiger charge is -2.00. The van der Waals surface area contributed by atoms with Crippen molar-refractivity contribution in [3.63, 3.8) is 0 Å². The summed E-state index contributed by atoms with van der Waals surface area (Å²) < 4.78 is 30.6. The molecule has 1 aliphatic heterocycles. The van der Waals surface area contributed by atoms with E-state index in [4.69, 9.17) is 0 Å². The first-order valence-electron chi connectivity index (χ1n) is 5.52. The van der Waals surface area contributed by atoms with Crippen LogP contribution >= 0.6 is 0 Å². The van der Waals surface area contributed by atoms with Crippen LogP contribution in [0.5, 0.6) is 0 Å². The number of hydrogen-bond donors (Lipinski definition) is 1. The van der Waals surface area contributed by atoms with E-state index in [2.05, 4.69) is 18.8 Å². The predicted octanol–water partition coefficient (Wildman–Crippen LogP) is -2.34. The van der Waals surface area contributed by atoms with Gasteiger partial charge in [-0.3, -0.25) is 9.97 Å². The van der Waals surface area contributed by atoms with Crippen molar-refractivity contribution < 1.29 is 32.4 Å². The Morgan fingerprint density at radius 1 is 0.810 bits per heavy atom. The van der Waals surface area contributed by atoms with Gasteiger partial charge in [-0.05, 0) is 24.3 Å². The van der Waals surface area contributed by atoms with Crippen LogP contribution in [0.3, 0.4) is 0 Å². The summed E-state index contributed by atoms with van der Waals surface area (Å²) in [5, 5.41) is 1.99. The van der Waals surface area contributed by atoms with E-state index in [0.717, 1.165) is 0 Å². The number of hydrogen-bond acceptors (Lipinski definition) is 4. The Morgan fingerprint density at radius 3 is 1.67 bits per heavy atom. The van der Waals surface area contributed by atoms with Gasteiger partial charge in [-0.15, -0.1) is 8.80 Å².